The van der Waals surface area contributed by atoms with E-state index in [9.17, 15) is 0 Å². The van der Waals surface area contributed by atoms with Crippen LogP contribution in [0.5, 0.6) is 0 Å². The Labute approximate surface area is 102 Å². The van der Waals surface area contributed by atoms with E-state index in [2.05, 4.69) is 39.9 Å². The second-order valence-electron chi connectivity index (χ2n) is 6.43. The van der Waals surface area contributed by atoms with Crippen LogP contribution >= 0.6 is 0 Å². The van der Waals surface area contributed by atoms with E-state index in [0.717, 1.165) is 24.4 Å². The molecule has 1 saturated carbocycles. The maximum Gasteiger partial charge on any atom is 0.0103 e. The summed E-state index contributed by atoms with van der Waals surface area (Å²) in [6.07, 6.45) is 6.92. The molecule has 3 atom stereocenters. The molecule has 96 valence electrons. The molecule has 0 aromatic rings. The zero-order valence-corrected chi connectivity index (χ0v) is 12.0. The third kappa shape index (κ3) is 3.48. The fraction of sp³-hybridized carbons (Fsp3) is 1.00. The van der Waals surface area contributed by atoms with Crippen molar-refractivity contribution in [1.29, 1.82) is 0 Å². The molecule has 0 aromatic heterocycles. The molecule has 3 unspecified atom stereocenters. The molecule has 1 rings (SSSR count). The van der Waals surface area contributed by atoms with Gasteiger partial charge in [-0.2, -0.15) is 0 Å². The van der Waals surface area contributed by atoms with E-state index in [1.807, 2.05) is 0 Å². The van der Waals surface area contributed by atoms with Crippen LogP contribution in [0.3, 0.4) is 0 Å². The minimum atomic E-state index is 0.516. The quantitative estimate of drug-likeness (QED) is 0.738. The molecule has 0 aliphatic heterocycles. The van der Waals surface area contributed by atoms with Gasteiger partial charge in [-0.05, 0) is 43.1 Å². The van der Waals surface area contributed by atoms with Crippen LogP contribution in [0.4, 0.5) is 0 Å². The van der Waals surface area contributed by atoms with Crippen molar-refractivity contribution in [2.45, 2.75) is 72.8 Å². The maximum atomic E-state index is 3.73. The summed E-state index contributed by atoms with van der Waals surface area (Å²) in [4.78, 5) is 0. The number of hydrogen-bond acceptors (Lipinski definition) is 1. The van der Waals surface area contributed by atoms with Crippen LogP contribution in [-0.2, 0) is 0 Å². The molecule has 1 fully saturated rings. The van der Waals surface area contributed by atoms with E-state index in [0.29, 0.717) is 5.41 Å². The average molecular weight is 225 g/mol. The van der Waals surface area contributed by atoms with E-state index in [1.165, 1.54) is 32.1 Å². The van der Waals surface area contributed by atoms with Crippen LogP contribution in [0, 0.1) is 17.3 Å². The van der Waals surface area contributed by atoms with Gasteiger partial charge in [-0.25, -0.2) is 0 Å². The lowest BCUT2D eigenvalue weighted by molar-refractivity contribution is 0.0869. The SMILES string of the molecule is CCCC(C)(C)C1CCC(C)CC1NCC. The van der Waals surface area contributed by atoms with Crippen molar-refractivity contribution in [2.24, 2.45) is 17.3 Å². The maximum absolute atomic E-state index is 3.73. The molecule has 1 nitrogen and oxygen atoms in total. The summed E-state index contributed by atoms with van der Waals surface area (Å²) in [5.74, 6) is 1.79. The fourth-order valence-electron chi connectivity index (χ4n) is 3.63. The van der Waals surface area contributed by atoms with Crippen LogP contribution in [0.2, 0.25) is 0 Å². The molecule has 16 heavy (non-hydrogen) atoms. The Kier molecular flexibility index (Phi) is 5.30. The molecular formula is C15H31N. The van der Waals surface area contributed by atoms with Crippen LogP contribution in [0.25, 0.3) is 0 Å². The average Bonchev–Trinajstić information content (AvgIpc) is 2.17. The molecule has 0 spiro atoms. The van der Waals surface area contributed by atoms with Crippen molar-refractivity contribution in [3.05, 3.63) is 0 Å². The predicted octanol–water partition coefficient (Wildman–Crippen LogP) is 4.23. The molecule has 1 aliphatic carbocycles. The first-order chi connectivity index (χ1) is 7.51. The molecule has 1 N–H and O–H groups in total. The Bertz CT molecular complexity index is 198. The predicted molar refractivity (Wildman–Crippen MR) is 72.7 cm³/mol. The van der Waals surface area contributed by atoms with Crippen molar-refractivity contribution in [2.75, 3.05) is 6.54 Å². The topological polar surface area (TPSA) is 12.0 Å². The van der Waals surface area contributed by atoms with Gasteiger partial charge >= 0.3 is 0 Å². The van der Waals surface area contributed by atoms with E-state index in [1.54, 1.807) is 0 Å². The minimum absolute atomic E-state index is 0.516. The number of hydrogen-bond donors (Lipinski definition) is 1. The van der Waals surface area contributed by atoms with Crippen molar-refractivity contribution in [3.63, 3.8) is 0 Å². The summed E-state index contributed by atoms with van der Waals surface area (Å²) in [6, 6.07) is 0.760. The van der Waals surface area contributed by atoms with Crippen LogP contribution < -0.4 is 5.32 Å². The summed E-state index contributed by atoms with van der Waals surface area (Å²) in [5.41, 5.74) is 0.516. The van der Waals surface area contributed by atoms with Gasteiger partial charge in [0.1, 0.15) is 0 Å². The van der Waals surface area contributed by atoms with Gasteiger partial charge in [-0.3, -0.25) is 0 Å². The zero-order chi connectivity index (χ0) is 12.2. The third-order valence-corrected chi connectivity index (χ3v) is 4.48. The molecule has 0 saturated heterocycles. The first-order valence-electron chi connectivity index (χ1n) is 7.24. The largest absolute Gasteiger partial charge is 0.314 e. The smallest absolute Gasteiger partial charge is 0.0103 e. The normalized spacial score (nSPS) is 31.7. The Balaban J connectivity index is 2.67. The van der Waals surface area contributed by atoms with Crippen LogP contribution in [0.1, 0.15) is 66.7 Å². The van der Waals surface area contributed by atoms with Gasteiger partial charge in [0.2, 0.25) is 0 Å². The Morgan fingerprint density at radius 2 is 1.88 bits per heavy atom. The van der Waals surface area contributed by atoms with Gasteiger partial charge in [-0.1, -0.05) is 47.5 Å². The molecule has 1 aliphatic rings. The Morgan fingerprint density at radius 1 is 1.19 bits per heavy atom. The van der Waals surface area contributed by atoms with Crippen LogP contribution in [0.15, 0.2) is 0 Å². The Hall–Kier alpha value is -0.0400. The monoisotopic (exact) mass is 225 g/mol. The lowest BCUT2D eigenvalue weighted by Gasteiger charge is -2.44. The molecule has 0 aromatic carbocycles. The summed E-state index contributed by atoms with van der Waals surface area (Å²) in [6.45, 7) is 13.0. The fourth-order valence-corrected chi connectivity index (χ4v) is 3.63. The lowest BCUT2D eigenvalue weighted by Crippen LogP contribution is -2.46. The standard InChI is InChI=1S/C15H31N/c1-6-10-15(4,5)13-9-8-12(3)11-14(13)16-7-2/h12-14,16H,6-11H2,1-5H3. The van der Waals surface area contributed by atoms with Crippen LogP contribution in [-0.4, -0.2) is 12.6 Å². The van der Waals surface area contributed by atoms with Gasteiger partial charge in [0.05, 0.1) is 0 Å². The molecule has 0 bridgehead atoms. The highest BCUT2D eigenvalue weighted by atomic mass is 14.9. The summed E-state index contributed by atoms with van der Waals surface area (Å²) in [7, 11) is 0. The minimum Gasteiger partial charge on any atom is -0.314 e. The lowest BCUT2D eigenvalue weighted by atomic mass is 9.65. The van der Waals surface area contributed by atoms with E-state index >= 15 is 0 Å². The second-order valence-corrected chi connectivity index (χ2v) is 6.43. The summed E-state index contributed by atoms with van der Waals surface area (Å²) >= 11 is 0. The van der Waals surface area contributed by atoms with E-state index in [4.69, 9.17) is 0 Å². The van der Waals surface area contributed by atoms with Gasteiger partial charge < -0.3 is 5.32 Å². The molecule has 0 amide bonds. The molecule has 0 radical (unpaired) electrons. The second kappa shape index (κ2) is 6.05. The zero-order valence-electron chi connectivity index (χ0n) is 12.0. The van der Waals surface area contributed by atoms with Crippen molar-refractivity contribution in [3.8, 4) is 0 Å². The van der Waals surface area contributed by atoms with Crippen molar-refractivity contribution in [1.82, 2.24) is 5.32 Å². The van der Waals surface area contributed by atoms with Gasteiger partial charge in [0.25, 0.3) is 0 Å². The first kappa shape index (κ1) is 14.0. The van der Waals surface area contributed by atoms with Crippen molar-refractivity contribution < 1.29 is 0 Å². The van der Waals surface area contributed by atoms with E-state index < -0.39 is 0 Å². The van der Waals surface area contributed by atoms with Gasteiger partial charge in [0, 0.05) is 6.04 Å². The van der Waals surface area contributed by atoms with Gasteiger partial charge in [0.15, 0.2) is 0 Å². The van der Waals surface area contributed by atoms with Gasteiger partial charge in [-0.15, -0.1) is 0 Å². The van der Waals surface area contributed by atoms with E-state index in [-0.39, 0.29) is 0 Å². The highest BCUT2D eigenvalue weighted by Gasteiger charge is 2.37. The molecule has 1 heteroatoms. The summed E-state index contributed by atoms with van der Waals surface area (Å²) in [5, 5.41) is 3.73. The number of nitrogens with one attached hydrogen (secondary N) is 1. The first-order valence-corrected chi connectivity index (χ1v) is 7.24. The summed E-state index contributed by atoms with van der Waals surface area (Å²) < 4.78 is 0. The highest BCUT2D eigenvalue weighted by Crippen LogP contribution is 2.42. The number of rotatable bonds is 5. The highest BCUT2D eigenvalue weighted by molar-refractivity contribution is 4.91. The Morgan fingerprint density at radius 3 is 2.44 bits per heavy atom. The molecular weight excluding hydrogens is 194 g/mol. The molecule has 0 heterocycles. The van der Waals surface area contributed by atoms with Crippen molar-refractivity contribution >= 4 is 0 Å². The third-order valence-electron chi connectivity index (χ3n) is 4.48.